The molecule has 2 amide bonds. The number of rotatable bonds is 1. The van der Waals surface area contributed by atoms with Crippen LogP contribution in [0.3, 0.4) is 0 Å². The van der Waals surface area contributed by atoms with Crippen molar-refractivity contribution in [2.75, 3.05) is 4.90 Å². The second-order valence-corrected chi connectivity index (χ2v) is 3.55. The molecule has 6 nitrogen and oxygen atoms in total. The minimum atomic E-state index is -1.59. The predicted octanol–water partition coefficient (Wildman–Crippen LogP) is 2.31. The molecule has 15 heavy (non-hydrogen) atoms. The minimum Gasteiger partial charge on any atom is -0.464 e. The number of nitrogens with zero attached hydrogens (tertiary/aromatic N) is 2. The Morgan fingerprint density at radius 2 is 1.93 bits per heavy atom. The summed E-state index contributed by atoms with van der Waals surface area (Å²) in [6.45, 7) is 1.71. The largest absolute Gasteiger partial charge is 0.464 e. The van der Waals surface area contributed by atoms with Crippen molar-refractivity contribution in [1.29, 1.82) is 0 Å². The molecule has 7 heteroatoms. The van der Waals surface area contributed by atoms with Gasteiger partial charge in [-0.3, -0.25) is 0 Å². The first-order valence-corrected chi connectivity index (χ1v) is 4.61. The van der Waals surface area contributed by atoms with Gasteiger partial charge in [-0.2, -0.15) is 4.90 Å². The third-order valence-corrected chi connectivity index (χ3v) is 2.47. The van der Waals surface area contributed by atoms with Crippen molar-refractivity contribution in [3.05, 3.63) is 22.3 Å². The first kappa shape index (κ1) is 11.4. The normalized spacial score (nSPS) is 9.73. The molecule has 0 aliphatic rings. The van der Waals surface area contributed by atoms with Crippen molar-refractivity contribution in [1.82, 2.24) is 4.98 Å². The van der Waals surface area contributed by atoms with Gasteiger partial charge >= 0.3 is 12.2 Å². The van der Waals surface area contributed by atoms with E-state index < -0.39 is 12.2 Å². The highest BCUT2D eigenvalue weighted by Gasteiger charge is 2.23. The fourth-order valence-electron chi connectivity index (χ4n) is 0.925. The zero-order valence-electron chi connectivity index (χ0n) is 7.64. The Bertz CT molecular complexity index is 407. The van der Waals surface area contributed by atoms with Gasteiger partial charge in [0.1, 0.15) is 5.82 Å². The monoisotopic (exact) mass is 274 g/mol. The predicted molar refractivity (Wildman–Crippen MR) is 55.2 cm³/mol. The van der Waals surface area contributed by atoms with Crippen molar-refractivity contribution in [3.8, 4) is 0 Å². The average molecular weight is 275 g/mol. The van der Waals surface area contributed by atoms with Crippen LogP contribution in [-0.2, 0) is 0 Å². The minimum absolute atomic E-state index is 0.143. The molecule has 1 rings (SSSR count). The Balaban J connectivity index is 3.18. The van der Waals surface area contributed by atoms with Crippen LogP contribution >= 0.6 is 15.9 Å². The van der Waals surface area contributed by atoms with Gasteiger partial charge in [-0.05, 0) is 34.5 Å². The SMILES string of the molecule is Cc1cc(N(C(=O)O)C(=O)O)ncc1Br. The molecule has 0 atom stereocenters. The number of halogens is 1. The lowest BCUT2D eigenvalue weighted by Gasteiger charge is -2.12. The Hall–Kier alpha value is -1.63. The molecule has 1 aromatic rings. The molecule has 1 heterocycles. The number of carboxylic acid groups (broad SMARTS) is 2. The molecule has 0 aliphatic carbocycles. The second kappa shape index (κ2) is 4.26. The molecule has 2 N–H and O–H groups in total. The summed E-state index contributed by atoms with van der Waals surface area (Å²) in [6, 6.07) is 1.37. The van der Waals surface area contributed by atoms with Gasteiger partial charge in [0.25, 0.3) is 0 Å². The molecule has 0 unspecified atom stereocenters. The Labute approximate surface area is 93.3 Å². The van der Waals surface area contributed by atoms with Gasteiger partial charge in [0.05, 0.1) is 0 Å². The molecule has 0 fully saturated rings. The van der Waals surface area contributed by atoms with Crippen molar-refractivity contribution < 1.29 is 19.8 Å². The lowest BCUT2D eigenvalue weighted by atomic mass is 10.3. The molecule has 0 radical (unpaired) electrons. The van der Waals surface area contributed by atoms with E-state index in [-0.39, 0.29) is 10.7 Å². The third-order valence-electron chi connectivity index (χ3n) is 1.64. The number of amides is 2. The number of anilines is 1. The zero-order valence-corrected chi connectivity index (χ0v) is 9.22. The maximum absolute atomic E-state index is 10.6. The summed E-state index contributed by atoms with van der Waals surface area (Å²) in [5.41, 5.74) is 0.701. The van der Waals surface area contributed by atoms with E-state index in [1.807, 2.05) is 0 Å². The third kappa shape index (κ3) is 2.44. The summed E-state index contributed by atoms with van der Waals surface area (Å²) in [7, 11) is 0. The van der Waals surface area contributed by atoms with Gasteiger partial charge in [-0.15, -0.1) is 0 Å². The van der Waals surface area contributed by atoms with E-state index >= 15 is 0 Å². The Morgan fingerprint density at radius 3 is 2.33 bits per heavy atom. The summed E-state index contributed by atoms with van der Waals surface area (Å²) in [4.78, 5) is 25.1. The summed E-state index contributed by atoms with van der Waals surface area (Å²) in [6.07, 6.45) is -1.82. The number of aryl methyl sites for hydroxylation is 1. The number of imide groups is 1. The lowest BCUT2D eigenvalue weighted by Crippen LogP contribution is -2.35. The average Bonchev–Trinajstić information content (AvgIpc) is 2.10. The van der Waals surface area contributed by atoms with Crippen LogP contribution < -0.4 is 4.90 Å². The van der Waals surface area contributed by atoms with Crippen LogP contribution in [0.15, 0.2) is 16.7 Å². The second-order valence-electron chi connectivity index (χ2n) is 2.69. The molecule has 1 aromatic heterocycles. The summed E-state index contributed by atoms with van der Waals surface area (Å²) < 4.78 is 0.682. The number of aromatic nitrogens is 1. The van der Waals surface area contributed by atoms with Gasteiger partial charge in [-0.1, -0.05) is 0 Å². The number of pyridine rings is 1. The maximum atomic E-state index is 10.6. The van der Waals surface area contributed by atoms with Gasteiger partial charge in [0, 0.05) is 10.7 Å². The molecule has 0 saturated heterocycles. The summed E-state index contributed by atoms with van der Waals surface area (Å²) in [5, 5.41) is 17.3. The first-order chi connectivity index (χ1) is 6.93. The van der Waals surface area contributed by atoms with Crippen molar-refractivity contribution in [2.45, 2.75) is 6.92 Å². The molecule has 80 valence electrons. The molecule has 0 aliphatic heterocycles. The number of hydrogen-bond acceptors (Lipinski definition) is 3. The fraction of sp³-hybridized carbons (Fsp3) is 0.125. The zero-order chi connectivity index (χ0) is 11.6. The fourth-order valence-corrected chi connectivity index (χ4v) is 1.14. The standard InChI is InChI=1S/C8H7BrN2O4/c1-4-2-6(10-3-5(4)9)11(7(12)13)8(14)15/h2-3H,1H3,(H,12,13)(H,14,15). The molecule has 0 bridgehead atoms. The summed E-state index contributed by atoms with van der Waals surface area (Å²) in [5.74, 6) is -0.143. The molecule has 0 aromatic carbocycles. The molecular weight excluding hydrogens is 268 g/mol. The lowest BCUT2D eigenvalue weighted by molar-refractivity contribution is 0.184. The van der Waals surface area contributed by atoms with Crippen molar-refractivity contribution in [3.63, 3.8) is 0 Å². The molecular formula is C8H7BrN2O4. The van der Waals surface area contributed by atoms with E-state index in [0.29, 0.717) is 10.0 Å². The Kier molecular flexibility index (Phi) is 3.25. The quantitative estimate of drug-likeness (QED) is 0.820. The van der Waals surface area contributed by atoms with E-state index in [0.717, 1.165) is 0 Å². The highest BCUT2D eigenvalue weighted by molar-refractivity contribution is 9.10. The first-order valence-electron chi connectivity index (χ1n) is 3.81. The highest BCUT2D eigenvalue weighted by atomic mass is 79.9. The van der Waals surface area contributed by atoms with E-state index in [2.05, 4.69) is 20.9 Å². The molecule has 0 spiro atoms. The van der Waals surface area contributed by atoms with E-state index in [1.54, 1.807) is 6.92 Å². The van der Waals surface area contributed by atoms with Gasteiger partial charge in [0.15, 0.2) is 0 Å². The van der Waals surface area contributed by atoms with Crippen LogP contribution in [-0.4, -0.2) is 27.4 Å². The van der Waals surface area contributed by atoms with Gasteiger partial charge < -0.3 is 10.2 Å². The number of hydrogen-bond donors (Lipinski definition) is 2. The van der Waals surface area contributed by atoms with Crippen molar-refractivity contribution in [2.24, 2.45) is 0 Å². The van der Waals surface area contributed by atoms with Crippen LogP contribution in [0.25, 0.3) is 0 Å². The number of carbonyl (C=O) groups is 2. The van der Waals surface area contributed by atoms with Crippen LogP contribution in [0.4, 0.5) is 15.4 Å². The van der Waals surface area contributed by atoms with E-state index in [4.69, 9.17) is 10.2 Å². The van der Waals surface area contributed by atoms with Crippen LogP contribution in [0, 0.1) is 6.92 Å². The van der Waals surface area contributed by atoms with Crippen LogP contribution in [0.5, 0.6) is 0 Å². The van der Waals surface area contributed by atoms with Gasteiger partial charge in [-0.25, -0.2) is 14.6 Å². The smallest absolute Gasteiger partial charge is 0.422 e. The Morgan fingerprint density at radius 1 is 1.40 bits per heavy atom. The highest BCUT2D eigenvalue weighted by Crippen LogP contribution is 2.20. The van der Waals surface area contributed by atoms with E-state index in [9.17, 15) is 9.59 Å². The van der Waals surface area contributed by atoms with Crippen LogP contribution in [0.1, 0.15) is 5.56 Å². The maximum Gasteiger partial charge on any atom is 0.422 e. The van der Waals surface area contributed by atoms with E-state index in [1.165, 1.54) is 12.3 Å². The van der Waals surface area contributed by atoms with Crippen molar-refractivity contribution >= 4 is 33.9 Å². The van der Waals surface area contributed by atoms with Gasteiger partial charge in [0.2, 0.25) is 0 Å². The topological polar surface area (TPSA) is 90.7 Å². The summed E-state index contributed by atoms with van der Waals surface area (Å²) >= 11 is 3.18. The molecule has 0 saturated carbocycles. The van der Waals surface area contributed by atoms with Crippen LogP contribution in [0.2, 0.25) is 0 Å².